The summed E-state index contributed by atoms with van der Waals surface area (Å²) in [6.07, 6.45) is -0.626. The first kappa shape index (κ1) is 23.9. The van der Waals surface area contributed by atoms with Crippen LogP contribution in [-0.4, -0.2) is 30.7 Å². The van der Waals surface area contributed by atoms with E-state index in [1.807, 2.05) is 60.7 Å². The lowest BCUT2D eigenvalue weighted by atomic mass is 10.0. The van der Waals surface area contributed by atoms with Gasteiger partial charge in [0.2, 0.25) is 5.91 Å². The summed E-state index contributed by atoms with van der Waals surface area (Å²) in [6.45, 7) is 5.32. The maximum absolute atomic E-state index is 12.9. The zero-order chi connectivity index (χ0) is 22.9. The molecule has 0 unspecified atom stereocenters. The summed E-state index contributed by atoms with van der Waals surface area (Å²) < 4.78 is 10.1. The molecule has 2 aromatic rings. The lowest BCUT2D eigenvalue weighted by Gasteiger charge is -2.25. The summed E-state index contributed by atoms with van der Waals surface area (Å²) >= 11 is 0. The molecule has 0 fully saturated rings. The fraction of sp³-hybridized carbons (Fsp3) is 0.375. The highest BCUT2D eigenvalue weighted by Gasteiger charge is 2.25. The van der Waals surface area contributed by atoms with E-state index < -0.39 is 29.7 Å². The number of amides is 2. The van der Waals surface area contributed by atoms with Crippen LogP contribution >= 0.6 is 0 Å². The highest BCUT2D eigenvalue weighted by Crippen LogP contribution is 2.21. The lowest BCUT2D eigenvalue weighted by molar-refractivity contribution is -0.141. The van der Waals surface area contributed by atoms with Crippen molar-refractivity contribution in [2.75, 3.05) is 7.11 Å². The third kappa shape index (κ3) is 8.50. The van der Waals surface area contributed by atoms with Crippen molar-refractivity contribution in [2.45, 2.75) is 51.3 Å². The van der Waals surface area contributed by atoms with Crippen LogP contribution in [0.1, 0.15) is 56.8 Å². The molecule has 0 radical (unpaired) electrons. The number of benzene rings is 2. The highest BCUT2D eigenvalue weighted by atomic mass is 16.6. The molecule has 0 spiro atoms. The van der Waals surface area contributed by atoms with Gasteiger partial charge in [-0.3, -0.25) is 9.59 Å². The molecular formula is C24H30N2O5. The second kappa shape index (κ2) is 11.2. The van der Waals surface area contributed by atoms with E-state index in [0.717, 1.165) is 11.1 Å². The average Bonchev–Trinajstić information content (AvgIpc) is 2.72. The van der Waals surface area contributed by atoms with Gasteiger partial charge in [-0.25, -0.2) is 4.79 Å². The normalized spacial score (nSPS) is 12.9. The van der Waals surface area contributed by atoms with Crippen LogP contribution in [0.5, 0.6) is 0 Å². The van der Waals surface area contributed by atoms with Crippen molar-refractivity contribution < 1.29 is 23.9 Å². The van der Waals surface area contributed by atoms with Gasteiger partial charge in [0, 0.05) is 0 Å². The number of ether oxygens (including phenoxy) is 2. The second-order valence-electron chi connectivity index (χ2n) is 8.12. The molecule has 0 aromatic heterocycles. The van der Waals surface area contributed by atoms with Gasteiger partial charge in [0.05, 0.1) is 32.0 Å². The van der Waals surface area contributed by atoms with Crippen LogP contribution in [0.4, 0.5) is 4.79 Å². The number of hydrogen-bond donors (Lipinski definition) is 2. The fourth-order valence-corrected chi connectivity index (χ4v) is 3.01. The largest absolute Gasteiger partial charge is 0.469 e. The molecule has 0 heterocycles. The lowest BCUT2D eigenvalue weighted by Crippen LogP contribution is -2.38. The quantitative estimate of drug-likeness (QED) is 0.621. The summed E-state index contributed by atoms with van der Waals surface area (Å²) in [5.74, 6) is -0.747. The summed E-state index contributed by atoms with van der Waals surface area (Å²) in [5.41, 5.74) is 0.900. The SMILES string of the molecule is COC(=O)C[C@H](NC(=O)C[C@H](NC(=O)OC(C)(C)C)c1ccccc1)c1ccccc1. The second-order valence-corrected chi connectivity index (χ2v) is 8.12. The number of hydrogen-bond acceptors (Lipinski definition) is 5. The molecule has 166 valence electrons. The number of carbonyl (C=O) groups is 3. The number of esters is 1. The van der Waals surface area contributed by atoms with Crippen molar-refractivity contribution in [3.05, 3.63) is 71.8 Å². The topological polar surface area (TPSA) is 93.7 Å². The Labute approximate surface area is 183 Å². The first-order valence-corrected chi connectivity index (χ1v) is 10.1. The molecule has 7 heteroatoms. The van der Waals surface area contributed by atoms with Crippen LogP contribution in [0.15, 0.2) is 60.7 Å². The monoisotopic (exact) mass is 426 g/mol. The summed E-state index contributed by atoms with van der Waals surface area (Å²) in [4.78, 5) is 37.1. The Morgan fingerprint density at radius 2 is 1.29 bits per heavy atom. The standard InChI is InChI=1S/C24H30N2O5/c1-24(2,3)31-23(29)26-19(17-11-7-5-8-12-17)15-21(27)25-20(16-22(28)30-4)18-13-9-6-10-14-18/h5-14,19-20H,15-16H2,1-4H3,(H,25,27)(H,26,29)/t19-,20-/m0/s1. The van der Waals surface area contributed by atoms with Crippen LogP contribution in [-0.2, 0) is 19.1 Å². The van der Waals surface area contributed by atoms with Gasteiger partial charge in [0.25, 0.3) is 0 Å². The first-order valence-electron chi connectivity index (χ1n) is 10.1. The van der Waals surface area contributed by atoms with E-state index in [2.05, 4.69) is 10.6 Å². The smallest absolute Gasteiger partial charge is 0.408 e. The van der Waals surface area contributed by atoms with Gasteiger partial charge in [-0.05, 0) is 31.9 Å². The van der Waals surface area contributed by atoms with Gasteiger partial charge in [0.1, 0.15) is 5.60 Å². The first-order chi connectivity index (χ1) is 14.7. The highest BCUT2D eigenvalue weighted by molar-refractivity contribution is 5.79. The Kier molecular flexibility index (Phi) is 8.61. The van der Waals surface area contributed by atoms with Crippen LogP contribution < -0.4 is 10.6 Å². The molecule has 0 aliphatic carbocycles. The van der Waals surface area contributed by atoms with Gasteiger partial charge >= 0.3 is 12.1 Å². The van der Waals surface area contributed by atoms with Gasteiger partial charge in [-0.1, -0.05) is 60.7 Å². The number of carbonyl (C=O) groups excluding carboxylic acids is 3. The predicted molar refractivity (Wildman–Crippen MR) is 117 cm³/mol. The minimum Gasteiger partial charge on any atom is -0.469 e. The van der Waals surface area contributed by atoms with Crippen LogP contribution in [0.3, 0.4) is 0 Å². The molecule has 0 saturated carbocycles. The van der Waals surface area contributed by atoms with E-state index in [-0.39, 0.29) is 18.7 Å². The third-order valence-electron chi connectivity index (χ3n) is 4.42. The van der Waals surface area contributed by atoms with Crippen molar-refractivity contribution in [3.63, 3.8) is 0 Å². The van der Waals surface area contributed by atoms with Crippen molar-refractivity contribution >= 4 is 18.0 Å². The molecule has 2 N–H and O–H groups in total. The van der Waals surface area contributed by atoms with Crippen LogP contribution in [0.25, 0.3) is 0 Å². The van der Waals surface area contributed by atoms with Gasteiger partial charge in [0.15, 0.2) is 0 Å². The van der Waals surface area contributed by atoms with Crippen molar-refractivity contribution in [2.24, 2.45) is 0 Å². The molecule has 2 rings (SSSR count). The fourth-order valence-electron chi connectivity index (χ4n) is 3.01. The van der Waals surface area contributed by atoms with Crippen molar-refractivity contribution in [3.8, 4) is 0 Å². The van der Waals surface area contributed by atoms with E-state index >= 15 is 0 Å². The molecule has 2 amide bonds. The Hall–Kier alpha value is -3.35. The number of nitrogens with one attached hydrogen (secondary N) is 2. The van der Waals surface area contributed by atoms with E-state index in [1.54, 1.807) is 20.8 Å². The molecule has 7 nitrogen and oxygen atoms in total. The van der Waals surface area contributed by atoms with Crippen LogP contribution in [0, 0.1) is 0 Å². The van der Waals surface area contributed by atoms with Gasteiger partial charge in [-0.15, -0.1) is 0 Å². The van der Waals surface area contributed by atoms with Crippen LogP contribution in [0.2, 0.25) is 0 Å². The molecule has 31 heavy (non-hydrogen) atoms. The van der Waals surface area contributed by atoms with E-state index in [4.69, 9.17) is 9.47 Å². The van der Waals surface area contributed by atoms with E-state index in [9.17, 15) is 14.4 Å². The number of alkyl carbamates (subject to hydrolysis) is 1. The Balaban J connectivity index is 2.15. The molecule has 0 saturated heterocycles. The Morgan fingerprint density at radius 3 is 1.74 bits per heavy atom. The predicted octanol–water partition coefficient (Wildman–Crippen LogP) is 4.06. The minimum absolute atomic E-state index is 0.00174. The summed E-state index contributed by atoms with van der Waals surface area (Å²) in [7, 11) is 1.31. The zero-order valence-electron chi connectivity index (χ0n) is 18.4. The maximum Gasteiger partial charge on any atom is 0.408 e. The molecule has 0 bridgehead atoms. The van der Waals surface area contributed by atoms with Gasteiger partial charge < -0.3 is 20.1 Å². The summed E-state index contributed by atoms with van der Waals surface area (Å²) in [5, 5.41) is 5.66. The number of rotatable bonds is 8. The van der Waals surface area contributed by atoms with Crippen molar-refractivity contribution in [1.82, 2.24) is 10.6 Å². The Morgan fingerprint density at radius 1 is 0.806 bits per heavy atom. The third-order valence-corrected chi connectivity index (χ3v) is 4.42. The molecule has 2 aromatic carbocycles. The average molecular weight is 427 g/mol. The van der Waals surface area contributed by atoms with Gasteiger partial charge in [-0.2, -0.15) is 0 Å². The molecule has 0 aliphatic heterocycles. The molecule has 0 aliphatic rings. The maximum atomic E-state index is 12.9. The molecular weight excluding hydrogens is 396 g/mol. The Bertz CT molecular complexity index is 863. The van der Waals surface area contributed by atoms with E-state index in [1.165, 1.54) is 7.11 Å². The number of methoxy groups -OCH3 is 1. The van der Waals surface area contributed by atoms with Crippen molar-refractivity contribution in [1.29, 1.82) is 0 Å². The zero-order valence-corrected chi connectivity index (χ0v) is 18.4. The summed E-state index contributed by atoms with van der Waals surface area (Å²) in [6, 6.07) is 17.3. The van der Waals surface area contributed by atoms with E-state index in [0.29, 0.717) is 0 Å². The molecule has 2 atom stereocenters. The minimum atomic E-state index is -0.660.